The summed E-state index contributed by atoms with van der Waals surface area (Å²) in [6.07, 6.45) is 0. The number of benzene rings is 2. The zero-order valence-electron chi connectivity index (χ0n) is 22.9. The number of aromatic nitrogens is 3. The van der Waals surface area contributed by atoms with Gasteiger partial charge in [0, 0.05) is 16.2 Å². The van der Waals surface area contributed by atoms with Crippen molar-refractivity contribution in [2.24, 2.45) is 5.41 Å². The van der Waals surface area contributed by atoms with Crippen LogP contribution in [0.1, 0.15) is 97.0 Å². The van der Waals surface area contributed by atoms with E-state index in [1.807, 2.05) is 6.92 Å². The van der Waals surface area contributed by atoms with Gasteiger partial charge in [-0.15, -0.1) is 0 Å². The van der Waals surface area contributed by atoms with Crippen LogP contribution in [0.3, 0.4) is 0 Å². The molecule has 1 atom stereocenters. The molecule has 4 aromatic rings. The highest BCUT2D eigenvalue weighted by Crippen LogP contribution is 2.62. The molecular weight excluding hydrogens is 470 g/mol. The van der Waals surface area contributed by atoms with Crippen LogP contribution in [0.2, 0.25) is 0 Å². The lowest BCUT2D eigenvalue weighted by molar-refractivity contribution is 0.125. The van der Waals surface area contributed by atoms with Crippen LogP contribution < -0.4 is 0 Å². The fourth-order valence-corrected chi connectivity index (χ4v) is 6.36. The van der Waals surface area contributed by atoms with Gasteiger partial charge in [-0.25, -0.2) is 9.97 Å². The second kappa shape index (κ2) is 7.00. The van der Waals surface area contributed by atoms with Gasteiger partial charge in [0.25, 0.3) is 0 Å². The first kappa shape index (κ1) is 25.0. The molecule has 6 nitrogen and oxygen atoms in total. The Morgan fingerprint density at radius 1 is 0.861 bits per heavy atom. The molecule has 2 aromatic carbocycles. The normalized spacial score (nSPS) is 19.3. The quantitative estimate of drug-likeness (QED) is 0.164. The highest BCUT2D eigenvalue weighted by atomic mass is 32.1. The lowest BCUT2D eigenvalue weighted by Gasteiger charge is -2.44. The Kier molecular flexibility index (Phi) is 4.86. The van der Waals surface area contributed by atoms with Crippen LogP contribution in [0.4, 0.5) is 0 Å². The molecule has 0 amide bonds. The number of thiol groups is 1. The summed E-state index contributed by atoms with van der Waals surface area (Å²) in [4.78, 5) is 9.99. The van der Waals surface area contributed by atoms with E-state index in [1.165, 1.54) is 11.1 Å². The molecule has 0 bridgehead atoms. The number of aromatic hydroxyl groups is 3. The molecule has 36 heavy (non-hydrogen) atoms. The third-order valence-corrected chi connectivity index (χ3v) is 9.70. The van der Waals surface area contributed by atoms with Crippen molar-refractivity contribution in [3.8, 4) is 17.2 Å². The fraction of sp³-hybridized carbons (Fsp3) is 0.517. The smallest absolute Gasteiger partial charge is 0.202 e. The Morgan fingerprint density at radius 3 is 1.94 bits per heavy atom. The summed E-state index contributed by atoms with van der Waals surface area (Å²) in [6.45, 7) is 21.9. The van der Waals surface area contributed by atoms with Gasteiger partial charge in [0.15, 0.2) is 11.5 Å². The van der Waals surface area contributed by atoms with E-state index in [4.69, 9.17) is 9.97 Å². The zero-order valence-corrected chi connectivity index (χ0v) is 23.8. The lowest BCUT2D eigenvalue weighted by Crippen LogP contribution is -2.42. The van der Waals surface area contributed by atoms with E-state index in [9.17, 15) is 15.3 Å². The third-order valence-electron chi connectivity index (χ3n) is 9.44. The molecule has 192 valence electrons. The van der Waals surface area contributed by atoms with Crippen LogP contribution in [0, 0.1) is 5.41 Å². The number of hydrogen-bond donors (Lipinski definition) is 4. The molecule has 0 fully saturated rings. The Hall–Kier alpha value is -2.67. The molecule has 0 saturated carbocycles. The van der Waals surface area contributed by atoms with E-state index in [1.54, 1.807) is 0 Å². The molecule has 1 aliphatic rings. The summed E-state index contributed by atoms with van der Waals surface area (Å²) < 4.78 is 2.06. The summed E-state index contributed by atoms with van der Waals surface area (Å²) >= 11 is 4.59. The Balaban J connectivity index is 2.07. The van der Waals surface area contributed by atoms with Crippen LogP contribution in [0.25, 0.3) is 27.6 Å². The Bertz CT molecular complexity index is 1600. The van der Waals surface area contributed by atoms with Crippen molar-refractivity contribution in [2.75, 3.05) is 0 Å². The van der Waals surface area contributed by atoms with E-state index in [2.05, 4.69) is 91.5 Å². The third kappa shape index (κ3) is 2.81. The summed E-state index contributed by atoms with van der Waals surface area (Å²) in [6, 6.07) is 4.46. The second-order valence-corrected chi connectivity index (χ2v) is 13.9. The van der Waals surface area contributed by atoms with Gasteiger partial charge in [-0.1, -0.05) is 62.3 Å². The van der Waals surface area contributed by atoms with Gasteiger partial charge < -0.3 is 15.3 Å². The van der Waals surface area contributed by atoms with Gasteiger partial charge in [0.1, 0.15) is 17.0 Å². The molecule has 5 rings (SSSR count). The molecule has 1 aliphatic carbocycles. The molecule has 0 radical (unpaired) electrons. The van der Waals surface area contributed by atoms with Crippen molar-refractivity contribution in [3.05, 3.63) is 34.6 Å². The maximum atomic E-state index is 10.9. The lowest BCUT2D eigenvalue weighted by atomic mass is 9.59. The maximum absolute atomic E-state index is 10.9. The minimum atomic E-state index is -0.587. The predicted octanol–water partition coefficient (Wildman–Crippen LogP) is 7.04. The van der Waals surface area contributed by atoms with Gasteiger partial charge in [-0.2, -0.15) is 12.6 Å². The Morgan fingerprint density at radius 2 is 1.42 bits per heavy atom. The number of fused-ring (bicyclic) bond motifs is 6. The molecule has 2 heterocycles. The number of imidazole rings is 1. The van der Waals surface area contributed by atoms with Crippen molar-refractivity contribution in [1.82, 2.24) is 14.4 Å². The van der Waals surface area contributed by atoms with Crippen molar-refractivity contribution >= 4 is 40.2 Å². The summed E-state index contributed by atoms with van der Waals surface area (Å²) in [5, 5.41) is 32.3. The summed E-state index contributed by atoms with van der Waals surface area (Å²) in [5.74, 6) is -0.726. The standard InChI is InChI=1S/C29H37N3O3S/c1-13(36)18-19-20(22(34)23(35)21(18)33)31-25(26(2,3)4)32-17-12-15-14(11-16(17)30-24(19)32)27(5,6)29(9,10)28(15,7)8/h11-13,33-36H,1-10H3. The van der Waals surface area contributed by atoms with Crippen molar-refractivity contribution in [1.29, 1.82) is 0 Å². The summed E-state index contributed by atoms with van der Waals surface area (Å²) in [7, 11) is 0. The number of phenols is 3. The van der Waals surface area contributed by atoms with Gasteiger partial charge in [-0.05, 0) is 46.4 Å². The minimum absolute atomic E-state index is 0.0170. The SMILES string of the molecule is CC(S)c1c(O)c(O)c(O)c2nc(C(C)(C)C)n3c4cc5c(cc4nc3c12)C(C)(C)C(C)(C)C5(C)C. The maximum Gasteiger partial charge on any atom is 0.202 e. The van der Waals surface area contributed by atoms with Crippen LogP contribution in [-0.2, 0) is 16.2 Å². The average Bonchev–Trinajstić information content (AvgIpc) is 3.17. The van der Waals surface area contributed by atoms with Gasteiger partial charge >= 0.3 is 0 Å². The van der Waals surface area contributed by atoms with E-state index < -0.39 is 27.9 Å². The highest BCUT2D eigenvalue weighted by Gasteiger charge is 2.57. The van der Waals surface area contributed by atoms with Gasteiger partial charge in [0.2, 0.25) is 5.75 Å². The Labute approximate surface area is 217 Å². The monoisotopic (exact) mass is 507 g/mol. The largest absolute Gasteiger partial charge is 0.504 e. The van der Waals surface area contributed by atoms with E-state index in [-0.39, 0.29) is 21.8 Å². The zero-order chi connectivity index (χ0) is 26.9. The first-order chi connectivity index (χ1) is 16.4. The van der Waals surface area contributed by atoms with E-state index >= 15 is 0 Å². The first-order valence-corrected chi connectivity index (χ1v) is 13.0. The van der Waals surface area contributed by atoms with Crippen LogP contribution in [0.15, 0.2) is 12.1 Å². The van der Waals surface area contributed by atoms with Crippen LogP contribution >= 0.6 is 12.6 Å². The molecule has 2 aromatic heterocycles. The molecule has 7 heteroatoms. The molecular formula is C29H37N3O3S. The summed E-state index contributed by atoms with van der Waals surface area (Å²) in [5.41, 5.74) is 5.01. The van der Waals surface area contributed by atoms with E-state index in [0.29, 0.717) is 22.4 Å². The average molecular weight is 508 g/mol. The van der Waals surface area contributed by atoms with Crippen molar-refractivity contribution in [3.63, 3.8) is 0 Å². The number of phenolic OH excluding ortho intramolecular Hbond substituents is 3. The molecule has 1 unspecified atom stereocenters. The van der Waals surface area contributed by atoms with Crippen molar-refractivity contribution < 1.29 is 15.3 Å². The predicted molar refractivity (Wildman–Crippen MR) is 149 cm³/mol. The number of nitrogens with zero attached hydrogens (tertiary/aromatic N) is 3. The van der Waals surface area contributed by atoms with Crippen LogP contribution in [0.5, 0.6) is 17.2 Å². The molecule has 0 spiro atoms. The van der Waals surface area contributed by atoms with Gasteiger partial charge in [-0.3, -0.25) is 4.40 Å². The van der Waals surface area contributed by atoms with Gasteiger partial charge in [0.05, 0.1) is 16.4 Å². The fourth-order valence-electron chi connectivity index (χ4n) is 6.11. The molecule has 0 aliphatic heterocycles. The first-order valence-electron chi connectivity index (χ1n) is 12.5. The van der Waals surface area contributed by atoms with Crippen LogP contribution in [-0.4, -0.2) is 29.7 Å². The van der Waals surface area contributed by atoms with Crippen molar-refractivity contribution in [2.45, 2.75) is 90.7 Å². The number of hydrogen-bond acceptors (Lipinski definition) is 6. The highest BCUT2D eigenvalue weighted by molar-refractivity contribution is 7.80. The minimum Gasteiger partial charge on any atom is -0.504 e. The topological polar surface area (TPSA) is 90.9 Å². The molecule has 3 N–H and O–H groups in total. The second-order valence-electron chi connectivity index (χ2n) is 13.1. The van der Waals surface area contributed by atoms with E-state index in [0.717, 1.165) is 11.0 Å². The molecule has 0 saturated heterocycles. The number of rotatable bonds is 1.